The van der Waals surface area contributed by atoms with Crippen molar-refractivity contribution in [3.8, 4) is 23.2 Å². The number of nitrogens with one attached hydrogen (secondary N) is 1. The molecule has 0 spiro atoms. The summed E-state index contributed by atoms with van der Waals surface area (Å²) in [6.07, 6.45) is 0. The van der Waals surface area contributed by atoms with Gasteiger partial charge in [-0.25, -0.2) is 9.97 Å². The lowest BCUT2D eigenvalue weighted by Gasteiger charge is -2.29. The molecule has 1 aliphatic rings. The van der Waals surface area contributed by atoms with E-state index >= 15 is 0 Å². The number of piperazine rings is 1. The fraction of sp³-hybridized carbons (Fsp3) is 0.316. The Kier molecular flexibility index (Phi) is 4.45. The van der Waals surface area contributed by atoms with E-state index < -0.39 is 0 Å². The van der Waals surface area contributed by atoms with Crippen LogP contribution in [-0.2, 0) is 0 Å². The van der Waals surface area contributed by atoms with E-state index in [4.69, 9.17) is 14.7 Å². The lowest BCUT2D eigenvalue weighted by atomic mass is 10.1. The van der Waals surface area contributed by atoms with Crippen molar-refractivity contribution in [3.05, 3.63) is 34.7 Å². The molecule has 6 nitrogen and oxygen atoms in total. The number of rotatable bonds is 3. The van der Waals surface area contributed by atoms with Crippen LogP contribution in [-0.4, -0.2) is 43.3 Å². The van der Waals surface area contributed by atoms with E-state index in [1.807, 2.05) is 31.2 Å². The molecular formula is C19H19N5OS. The first kappa shape index (κ1) is 16.8. The predicted molar refractivity (Wildman–Crippen MR) is 104 cm³/mol. The van der Waals surface area contributed by atoms with Gasteiger partial charge in [-0.05, 0) is 36.8 Å². The molecule has 1 fully saturated rings. The zero-order valence-corrected chi connectivity index (χ0v) is 15.6. The van der Waals surface area contributed by atoms with Gasteiger partial charge in [0.1, 0.15) is 27.3 Å². The summed E-state index contributed by atoms with van der Waals surface area (Å²) in [5.74, 6) is 2.41. The molecule has 1 N–H and O–H groups in total. The fourth-order valence-corrected chi connectivity index (χ4v) is 4.17. The molecule has 1 aromatic carbocycles. The molecule has 0 atom stereocenters. The summed E-state index contributed by atoms with van der Waals surface area (Å²) in [6.45, 7) is 5.63. The van der Waals surface area contributed by atoms with E-state index in [9.17, 15) is 5.26 Å². The van der Waals surface area contributed by atoms with Crippen molar-refractivity contribution < 1.29 is 4.74 Å². The van der Waals surface area contributed by atoms with Gasteiger partial charge in [0.05, 0.1) is 12.5 Å². The molecule has 4 rings (SSSR count). The normalized spacial score (nSPS) is 14.4. The molecule has 1 saturated heterocycles. The molecule has 26 heavy (non-hydrogen) atoms. The Bertz CT molecular complexity index is 984. The Morgan fingerprint density at radius 1 is 1.19 bits per heavy atom. The Morgan fingerprint density at radius 3 is 2.58 bits per heavy atom. The number of hydrogen-bond acceptors (Lipinski definition) is 7. The summed E-state index contributed by atoms with van der Waals surface area (Å²) < 4.78 is 5.24. The second-order valence-electron chi connectivity index (χ2n) is 6.18. The highest BCUT2D eigenvalue weighted by Crippen LogP contribution is 2.37. The summed E-state index contributed by atoms with van der Waals surface area (Å²) in [7, 11) is 1.65. The third-order valence-corrected chi connectivity index (χ3v) is 5.73. The second kappa shape index (κ2) is 6.90. The predicted octanol–water partition coefficient (Wildman–Crippen LogP) is 2.96. The topological polar surface area (TPSA) is 74.1 Å². The van der Waals surface area contributed by atoms with Gasteiger partial charge in [-0.1, -0.05) is 0 Å². The molecule has 0 amide bonds. The molecule has 7 heteroatoms. The van der Waals surface area contributed by atoms with Gasteiger partial charge in [-0.3, -0.25) is 0 Å². The zero-order chi connectivity index (χ0) is 18.1. The quantitative estimate of drug-likeness (QED) is 0.769. The van der Waals surface area contributed by atoms with Gasteiger partial charge in [-0.15, -0.1) is 11.3 Å². The Hall–Kier alpha value is -2.69. The molecule has 3 heterocycles. The van der Waals surface area contributed by atoms with Crippen LogP contribution in [0.5, 0.6) is 5.75 Å². The van der Waals surface area contributed by atoms with Gasteiger partial charge in [0.15, 0.2) is 5.82 Å². The number of aryl methyl sites for hydroxylation is 1. The molecular weight excluding hydrogens is 346 g/mol. The van der Waals surface area contributed by atoms with Crippen molar-refractivity contribution in [1.29, 1.82) is 5.26 Å². The zero-order valence-electron chi connectivity index (χ0n) is 14.7. The van der Waals surface area contributed by atoms with Crippen molar-refractivity contribution in [2.45, 2.75) is 6.92 Å². The summed E-state index contributed by atoms with van der Waals surface area (Å²) in [5, 5.41) is 13.8. The van der Waals surface area contributed by atoms with E-state index in [0.29, 0.717) is 10.7 Å². The van der Waals surface area contributed by atoms with E-state index in [1.54, 1.807) is 7.11 Å². The van der Waals surface area contributed by atoms with Crippen LogP contribution < -0.4 is 15.0 Å². The third kappa shape index (κ3) is 2.87. The summed E-state index contributed by atoms with van der Waals surface area (Å²) in [4.78, 5) is 13.5. The molecule has 3 aromatic rings. The smallest absolute Gasteiger partial charge is 0.163 e. The second-order valence-corrected chi connectivity index (χ2v) is 7.18. The maximum atomic E-state index is 9.44. The van der Waals surface area contributed by atoms with Crippen LogP contribution in [0.15, 0.2) is 24.3 Å². The van der Waals surface area contributed by atoms with Gasteiger partial charge in [0.25, 0.3) is 0 Å². The lowest BCUT2D eigenvalue weighted by molar-refractivity contribution is 0.415. The van der Waals surface area contributed by atoms with Crippen LogP contribution in [0, 0.1) is 18.3 Å². The molecule has 0 unspecified atom stereocenters. The summed E-state index contributed by atoms with van der Waals surface area (Å²) >= 11 is 1.44. The SMILES string of the molecule is COc1ccc(-c2nc(N3CCNCC3)c3c(C)c(C#N)sc3n2)cc1. The van der Waals surface area contributed by atoms with Crippen molar-refractivity contribution in [1.82, 2.24) is 15.3 Å². The van der Waals surface area contributed by atoms with Gasteiger partial charge in [-0.2, -0.15) is 5.26 Å². The van der Waals surface area contributed by atoms with Gasteiger partial charge >= 0.3 is 0 Å². The number of thiophene rings is 1. The highest BCUT2D eigenvalue weighted by molar-refractivity contribution is 7.19. The highest BCUT2D eigenvalue weighted by atomic mass is 32.1. The van der Waals surface area contributed by atoms with Crippen molar-refractivity contribution >= 4 is 27.4 Å². The maximum Gasteiger partial charge on any atom is 0.163 e. The Labute approximate surface area is 156 Å². The largest absolute Gasteiger partial charge is 0.497 e. The molecule has 0 radical (unpaired) electrons. The molecule has 132 valence electrons. The first-order valence-electron chi connectivity index (χ1n) is 8.52. The van der Waals surface area contributed by atoms with E-state index in [-0.39, 0.29) is 0 Å². The highest BCUT2D eigenvalue weighted by Gasteiger charge is 2.22. The summed E-state index contributed by atoms with van der Waals surface area (Å²) in [5.41, 5.74) is 1.91. The van der Waals surface area contributed by atoms with Gasteiger partial charge in [0.2, 0.25) is 0 Å². The number of ether oxygens (including phenoxy) is 1. The molecule has 0 saturated carbocycles. The van der Waals surface area contributed by atoms with Crippen LogP contribution in [0.3, 0.4) is 0 Å². The van der Waals surface area contributed by atoms with Crippen molar-refractivity contribution in [2.75, 3.05) is 38.2 Å². The first-order valence-corrected chi connectivity index (χ1v) is 9.34. The number of aromatic nitrogens is 2. The van der Waals surface area contributed by atoms with E-state index in [0.717, 1.165) is 59.1 Å². The maximum absolute atomic E-state index is 9.44. The number of benzene rings is 1. The van der Waals surface area contributed by atoms with Crippen molar-refractivity contribution in [3.63, 3.8) is 0 Å². The number of nitrogens with zero attached hydrogens (tertiary/aromatic N) is 4. The summed E-state index contributed by atoms with van der Waals surface area (Å²) in [6, 6.07) is 10.0. The Balaban J connectivity index is 1.90. The minimum atomic E-state index is 0.680. The number of fused-ring (bicyclic) bond motifs is 1. The van der Waals surface area contributed by atoms with Crippen LogP contribution >= 0.6 is 11.3 Å². The average Bonchev–Trinajstić information content (AvgIpc) is 3.04. The fourth-order valence-electron chi connectivity index (χ4n) is 3.20. The van der Waals surface area contributed by atoms with Crippen LogP contribution in [0.2, 0.25) is 0 Å². The average molecular weight is 365 g/mol. The van der Waals surface area contributed by atoms with Crippen LogP contribution in [0.4, 0.5) is 5.82 Å². The number of hydrogen-bond donors (Lipinski definition) is 1. The number of nitriles is 1. The Morgan fingerprint density at radius 2 is 1.92 bits per heavy atom. The van der Waals surface area contributed by atoms with Crippen LogP contribution in [0.1, 0.15) is 10.4 Å². The molecule has 0 bridgehead atoms. The molecule has 2 aromatic heterocycles. The number of methoxy groups -OCH3 is 1. The standard InChI is InChI=1S/C19H19N5OS/c1-12-15(11-20)26-19-16(12)18(24-9-7-21-8-10-24)22-17(23-19)13-3-5-14(25-2)6-4-13/h3-6,21H,7-10H2,1-2H3. The van der Waals surface area contributed by atoms with E-state index in [1.165, 1.54) is 11.3 Å². The minimum Gasteiger partial charge on any atom is -0.497 e. The van der Waals surface area contributed by atoms with Gasteiger partial charge in [0, 0.05) is 31.7 Å². The minimum absolute atomic E-state index is 0.680. The molecule has 0 aliphatic carbocycles. The first-order chi connectivity index (χ1) is 12.7. The lowest BCUT2D eigenvalue weighted by Crippen LogP contribution is -2.44. The third-order valence-electron chi connectivity index (χ3n) is 4.64. The van der Waals surface area contributed by atoms with Gasteiger partial charge < -0.3 is 15.0 Å². The van der Waals surface area contributed by atoms with Crippen molar-refractivity contribution in [2.24, 2.45) is 0 Å². The van der Waals surface area contributed by atoms with Crippen LogP contribution in [0.25, 0.3) is 21.6 Å². The van der Waals surface area contributed by atoms with E-state index in [2.05, 4.69) is 16.3 Å². The number of anilines is 1. The monoisotopic (exact) mass is 365 g/mol. The molecule has 1 aliphatic heterocycles.